The molecule has 1 nitrogen and oxygen atoms in total. The average Bonchev–Trinajstić information content (AvgIpc) is 2.14. The fourth-order valence-corrected chi connectivity index (χ4v) is 2.87. The van der Waals surface area contributed by atoms with Crippen LogP contribution in [0.25, 0.3) is 0 Å². The van der Waals surface area contributed by atoms with E-state index in [0.29, 0.717) is 11.5 Å². The van der Waals surface area contributed by atoms with Crippen molar-refractivity contribution in [1.29, 1.82) is 0 Å². The molecule has 1 saturated carbocycles. The zero-order chi connectivity index (χ0) is 10.6. The van der Waals surface area contributed by atoms with Crippen molar-refractivity contribution in [3.05, 3.63) is 0 Å². The molecular formula is C13H27N. The second-order valence-corrected chi connectivity index (χ2v) is 5.80. The van der Waals surface area contributed by atoms with Gasteiger partial charge in [0.05, 0.1) is 0 Å². The minimum absolute atomic E-state index is 0.415. The number of rotatable bonds is 3. The van der Waals surface area contributed by atoms with Gasteiger partial charge in [-0.05, 0) is 30.7 Å². The molecule has 0 aromatic heterocycles. The van der Waals surface area contributed by atoms with E-state index in [2.05, 4.69) is 33.0 Å². The van der Waals surface area contributed by atoms with Gasteiger partial charge in [0.25, 0.3) is 0 Å². The lowest BCUT2D eigenvalue weighted by atomic mass is 9.73. The van der Waals surface area contributed by atoms with Crippen LogP contribution in [0.3, 0.4) is 0 Å². The van der Waals surface area contributed by atoms with Crippen LogP contribution in [0.2, 0.25) is 0 Å². The summed E-state index contributed by atoms with van der Waals surface area (Å²) in [5.41, 5.74) is 0.415. The molecule has 0 saturated heterocycles. The molecular weight excluding hydrogens is 170 g/mol. The molecule has 0 amide bonds. The number of hydrogen-bond donors (Lipinski definition) is 1. The zero-order valence-corrected chi connectivity index (χ0v) is 10.4. The Morgan fingerprint density at radius 1 is 1.14 bits per heavy atom. The first-order chi connectivity index (χ1) is 6.55. The molecule has 0 aliphatic heterocycles. The SMILES string of the molecule is CCNC(C1CCCCC1)C(C)(C)C. The van der Waals surface area contributed by atoms with Gasteiger partial charge in [-0.3, -0.25) is 0 Å². The molecule has 1 N–H and O–H groups in total. The Kier molecular flexibility index (Phi) is 4.43. The predicted molar refractivity (Wildman–Crippen MR) is 63.5 cm³/mol. The molecule has 0 aromatic carbocycles. The molecule has 1 atom stereocenters. The third kappa shape index (κ3) is 3.27. The van der Waals surface area contributed by atoms with Crippen LogP contribution in [0.15, 0.2) is 0 Å². The Hall–Kier alpha value is -0.0400. The highest BCUT2D eigenvalue weighted by Crippen LogP contribution is 2.34. The Balaban J connectivity index is 2.56. The van der Waals surface area contributed by atoms with Crippen LogP contribution in [-0.4, -0.2) is 12.6 Å². The highest BCUT2D eigenvalue weighted by molar-refractivity contribution is 4.87. The molecule has 1 aliphatic carbocycles. The van der Waals surface area contributed by atoms with Crippen LogP contribution in [0.5, 0.6) is 0 Å². The van der Waals surface area contributed by atoms with Crippen LogP contribution in [0, 0.1) is 11.3 Å². The van der Waals surface area contributed by atoms with E-state index in [9.17, 15) is 0 Å². The summed E-state index contributed by atoms with van der Waals surface area (Å²) in [5, 5.41) is 3.69. The van der Waals surface area contributed by atoms with Crippen LogP contribution in [0.1, 0.15) is 59.8 Å². The molecule has 1 heteroatoms. The fourth-order valence-electron chi connectivity index (χ4n) is 2.87. The van der Waals surface area contributed by atoms with Crippen molar-refractivity contribution in [2.24, 2.45) is 11.3 Å². The monoisotopic (exact) mass is 197 g/mol. The Morgan fingerprint density at radius 2 is 1.71 bits per heavy atom. The van der Waals surface area contributed by atoms with Crippen molar-refractivity contribution in [3.63, 3.8) is 0 Å². The van der Waals surface area contributed by atoms with Crippen LogP contribution < -0.4 is 5.32 Å². The molecule has 14 heavy (non-hydrogen) atoms. The number of nitrogens with one attached hydrogen (secondary N) is 1. The Bertz CT molecular complexity index is 151. The van der Waals surface area contributed by atoms with Crippen molar-refractivity contribution >= 4 is 0 Å². The van der Waals surface area contributed by atoms with E-state index in [1.165, 1.54) is 32.1 Å². The summed E-state index contributed by atoms with van der Waals surface area (Å²) in [6, 6.07) is 0.716. The van der Waals surface area contributed by atoms with E-state index in [1.54, 1.807) is 0 Å². The Morgan fingerprint density at radius 3 is 2.14 bits per heavy atom. The summed E-state index contributed by atoms with van der Waals surface area (Å²) in [6.07, 6.45) is 7.23. The summed E-state index contributed by atoms with van der Waals surface area (Å²) >= 11 is 0. The molecule has 0 radical (unpaired) electrons. The van der Waals surface area contributed by atoms with Gasteiger partial charge in [0.2, 0.25) is 0 Å². The standard InChI is InChI=1S/C13H27N/c1-5-14-12(13(2,3)4)11-9-7-6-8-10-11/h11-12,14H,5-10H2,1-4H3. The molecule has 0 heterocycles. The lowest BCUT2D eigenvalue weighted by Crippen LogP contribution is -2.46. The van der Waals surface area contributed by atoms with Gasteiger partial charge in [-0.25, -0.2) is 0 Å². The molecule has 0 bridgehead atoms. The van der Waals surface area contributed by atoms with Gasteiger partial charge in [0.1, 0.15) is 0 Å². The zero-order valence-electron chi connectivity index (χ0n) is 10.4. The highest BCUT2D eigenvalue weighted by Gasteiger charge is 2.31. The maximum atomic E-state index is 3.69. The smallest absolute Gasteiger partial charge is 0.0144 e. The third-order valence-electron chi connectivity index (χ3n) is 3.48. The van der Waals surface area contributed by atoms with Gasteiger partial charge in [-0.1, -0.05) is 47.0 Å². The van der Waals surface area contributed by atoms with Crippen LogP contribution in [0.4, 0.5) is 0 Å². The summed E-state index contributed by atoms with van der Waals surface area (Å²) in [5.74, 6) is 0.920. The maximum absolute atomic E-state index is 3.69. The summed E-state index contributed by atoms with van der Waals surface area (Å²) < 4.78 is 0. The largest absolute Gasteiger partial charge is 0.313 e. The molecule has 0 aromatic rings. The van der Waals surface area contributed by atoms with Gasteiger partial charge in [0, 0.05) is 6.04 Å². The Labute approximate surface area is 89.7 Å². The van der Waals surface area contributed by atoms with E-state index < -0.39 is 0 Å². The van der Waals surface area contributed by atoms with E-state index >= 15 is 0 Å². The fraction of sp³-hybridized carbons (Fsp3) is 1.00. The number of hydrogen-bond acceptors (Lipinski definition) is 1. The van der Waals surface area contributed by atoms with E-state index in [-0.39, 0.29) is 0 Å². The van der Waals surface area contributed by atoms with Crippen LogP contribution >= 0.6 is 0 Å². The van der Waals surface area contributed by atoms with Gasteiger partial charge in [-0.2, -0.15) is 0 Å². The van der Waals surface area contributed by atoms with Gasteiger partial charge in [-0.15, -0.1) is 0 Å². The first-order valence-corrected chi connectivity index (χ1v) is 6.29. The van der Waals surface area contributed by atoms with Crippen molar-refractivity contribution in [1.82, 2.24) is 5.32 Å². The molecule has 1 fully saturated rings. The van der Waals surface area contributed by atoms with E-state index in [1.807, 2.05) is 0 Å². The van der Waals surface area contributed by atoms with Gasteiger partial charge >= 0.3 is 0 Å². The lowest BCUT2D eigenvalue weighted by Gasteiger charge is -2.39. The second kappa shape index (κ2) is 5.16. The van der Waals surface area contributed by atoms with E-state index in [4.69, 9.17) is 0 Å². The summed E-state index contributed by atoms with van der Waals surface area (Å²) in [4.78, 5) is 0. The molecule has 0 spiro atoms. The van der Waals surface area contributed by atoms with Crippen molar-refractivity contribution < 1.29 is 0 Å². The van der Waals surface area contributed by atoms with Crippen molar-refractivity contribution in [3.8, 4) is 0 Å². The van der Waals surface area contributed by atoms with Crippen molar-refractivity contribution in [2.75, 3.05) is 6.54 Å². The minimum Gasteiger partial charge on any atom is -0.313 e. The third-order valence-corrected chi connectivity index (χ3v) is 3.48. The maximum Gasteiger partial charge on any atom is 0.0144 e. The van der Waals surface area contributed by atoms with Crippen molar-refractivity contribution in [2.45, 2.75) is 65.8 Å². The minimum atomic E-state index is 0.415. The summed E-state index contributed by atoms with van der Waals surface area (Å²) in [7, 11) is 0. The van der Waals surface area contributed by atoms with Gasteiger partial charge < -0.3 is 5.32 Å². The molecule has 84 valence electrons. The normalized spacial score (nSPS) is 22.3. The first-order valence-electron chi connectivity index (χ1n) is 6.29. The summed E-state index contributed by atoms with van der Waals surface area (Å²) in [6.45, 7) is 10.4. The van der Waals surface area contributed by atoms with Crippen LogP contribution in [-0.2, 0) is 0 Å². The lowest BCUT2D eigenvalue weighted by molar-refractivity contribution is 0.159. The second-order valence-electron chi connectivity index (χ2n) is 5.80. The molecule has 1 unspecified atom stereocenters. The first kappa shape index (κ1) is 12.0. The molecule has 1 rings (SSSR count). The van der Waals surface area contributed by atoms with E-state index in [0.717, 1.165) is 12.5 Å². The highest BCUT2D eigenvalue weighted by atomic mass is 14.9. The quantitative estimate of drug-likeness (QED) is 0.729. The average molecular weight is 197 g/mol. The predicted octanol–water partition coefficient (Wildman–Crippen LogP) is 3.59. The molecule has 1 aliphatic rings. The topological polar surface area (TPSA) is 12.0 Å². The van der Waals surface area contributed by atoms with Gasteiger partial charge in [0.15, 0.2) is 0 Å².